The SMILES string of the molecule is CC(C)(C)c1ccc(-c2cccc(N3c4cc(-c5ccc(C(C)(C)C)cc5)ccc4B4c5cc(-c6ccccc6)cc6c5N(c5ccc(-c7ccccc7)cc5-c5ccccc5-6)c5cc(N(c6ccccc6)c6ccccc6)cc3c54)c2)cc1. The molecule has 0 radical (unpaired) electrons. The van der Waals surface area contributed by atoms with Crippen molar-refractivity contribution >= 4 is 74.3 Å². The van der Waals surface area contributed by atoms with Gasteiger partial charge in [-0.1, -0.05) is 248 Å². The summed E-state index contributed by atoms with van der Waals surface area (Å²) in [6, 6.07) is 105. The maximum atomic E-state index is 2.65. The molecule has 3 heterocycles. The van der Waals surface area contributed by atoms with Crippen LogP contribution in [0.4, 0.5) is 51.2 Å². The van der Waals surface area contributed by atoms with Gasteiger partial charge in [-0.2, -0.15) is 0 Å². The van der Waals surface area contributed by atoms with E-state index in [2.05, 4.69) is 335 Å². The van der Waals surface area contributed by atoms with Gasteiger partial charge in [-0.25, -0.2) is 0 Å². The van der Waals surface area contributed by atoms with Gasteiger partial charge in [0.15, 0.2) is 0 Å². The van der Waals surface area contributed by atoms with E-state index >= 15 is 0 Å². The van der Waals surface area contributed by atoms with Crippen LogP contribution in [0, 0.1) is 0 Å². The van der Waals surface area contributed by atoms with Crippen LogP contribution in [-0.4, -0.2) is 6.71 Å². The first kappa shape index (κ1) is 51.0. The molecule has 0 spiro atoms. The summed E-state index contributed by atoms with van der Waals surface area (Å²) in [6.45, 7) is 13.6. The van der Waals surface area contributed by atoms with Crippen LogP contribution in [0.2, 0.25) is 0 Å². The Morgan fingerprint density at radius 3 is 1.32 bits per heavy atom. The largest absolute Gasteiger partial charge is 0.311 e. The molecular weight excluding hydrogens is 1010 g/mol. The van der Waals surface area contributed by atoms with Crippen molar-refractivity contribution in [2.45, 2.75) is 52.4 Å². The molecule has 0 N–H and O–H groups in total. The molecule has 12 aromatic carbocycles. The molecule has 3 aliphatic heterocycles. The van der Waals surface area contributed by atoms with Crippen LogP contribution in [0.5, 0.6) is 0 Å². The molecule has 0 atom stereocenters. The third-order valence-corrected chi connectivity index (χ3v) is 17.7. The van der Waals surface area contributed by atoms with Crippen LogP contribution in [0.3, 0.4) is 0 Å². The van der Waals surface area contributed by atoms with Crippen molar-refractivity contribution < 1.29 is 0 Å². The lowest BCUT2D eigenvalue weighted by molar-refractivity contribution is 0.590. The van der Waals surface area contributed by atoms with E-state index in [0.717, 1.165) is 45.5 Å². The Morgan fingerprint density at radius 2 is 0.738 bits per heavy atom. The van der Waals surface area contributed by atoms with Crippen LogP contribution in [0.25, 0.3) is 66.8 Å². The fourth-order valence-electron chi connectivity index (χ4n) is 13.4. The zero-order valence-electron chi connectivity index (χ0n) is 48.5. The summed E-state index contributed by atoms with van der Waals surface area (Å²) in [4.78, 5) is 7.69. The lowest BCUT2D eigenvalue weighted by atomic mass is 9.33. The molecule has 0 aromatic heterocycles. The standard InChI is InChI=1S/C80H64BN3/c1-79(2,3)61-40-34-55(35-41-61)57-26-21-31-65(46-57)83-74-50-59(56-36-42-62(43-37-56)80(4,5)6)38-44-71(74)81-72-49-60(54-24-13-8-14-25-54)48-70-68-33-20-19-32-67(68)69-47-58(53-22-11-7-12-23-53)39-45-73(69)84(78(70)72)76-52-66(51-75(83)77(76)81)82(63-27-15-9-16-28-63)64-29-17-10-18-30-64/h7-52H,1-6H3. The van der Waals surface area contributed by atoms with E-state index < -0.39 is 0 Å². The van der Waals surface area contributed by atoms with Crippen molar-refractivity contribution in [1.82, 2.24) is 0 Å². The van der Waals surface area contributed by atoms with Crippen molar-refractivity contribution in [2.24, 2.45) is 0 Å². The summed E-state index contributed by atoms with van der Waals surface area (Å²) in [6.07, 6.45) is 0. The van der Waals surface area contributed by atoms with Gasteiger partial charge in [0.1, 0.15) is 0 Å². The van der Waals surface area contributed by atoms with E-state index in [1.54, 1.807) is 0 Å². The van der Waals surface area contributed by atoms with E-state index in [1.165, 1.54) is 100.0 Å². The molecule has 0 bridgehead atoms. The Balaban J connectivity index is 1.08. The van der Waals surface area contributed by atoms with Crippen LogP contribution in [0.1, 0.15) is 52.7 Å². The second-order valence-corrected chi connectivity index (χ2v) is 25.0. The zero-order chi connectivity index (χ0) is 56.8. The minimum Gasteiger partial charge on any atom is -0.311 e. The Labute approximate surface area is 495 Å². The Kier molecular flexibility index (Phi) is 12.1. The van der Waals surface area contributed by atoms with E-state index in [9.17, 15) is 0 Å². The van der Waals surface area contributed by atoms with Crippen LogP contribution < -0.4 is 31.1 Å². The summed E-state index contributed by atoms with van der Waals surface area (Å²) < 4.78 is 0. The summed E-state index contributed by atoms with van der Waals surface area (Å²) in [5.41, 5.74) is 31.0. The monoisotopic (exact) mass is 1080 g/mol. The van der Waals surface area contributed by atoms with Gasteiger partial charge >= 0.3 is 0 Å². The summed E-state index contributed by atoms with van der Waals surface area (Å²) in [7, 11) is 0. The van der Waals surface area contributed by atoms with E-state index in [4.69, 9.17) is 0 Å². The molecular formula is C80H64BN3. The van der Waals surface area contributed by atoms with E-state index in [0.29, 0.717) is 0 Å². The summed E-state index contributed by atoms with van der Waals surface area (Å²) in [5, 5.41) is 0. The predicted octanol–water partition coefficient (Wildman–Crippen LogP) is 20.1. The lowest BCUT2D eigenvalue weighted by Gasteiger charge is -2.45. The van der Waals surface area contributed by atoms with Crippen molar-refractivity contribution in [1.29, 1.82) is 0 Å². The molecule has 3 nitrogen and oxygen atoms in total. The highest BCUT2D eigenvalue weighted by Gasteiger charge is 2.46. The number of benzene rings is 12. The van der Waals surface area contributed by atoms with Gasteiger partial charge in [0.2, 0.25) is 0 Å². The molecule has 4 heteroatoms. The molecule has 0 saturated carbocycles. The van der Waals surface area contributed by atoms with Crippen molar-refractivity contribution in [3.63, 3.8) is 0 Å². The normalized spacial score (nSPS) is 12.8. The number of nitrogens with zero attached hydrogens (tertiary/aromatic N) is 3. The fourth-order valence-corrected chi connectivity index (χ4v) is 13.4. The van der Waals surface area contributed by atoms with Crippen LogP contribution in [0.15, 0.2) is 279 Å². The molecule has 0 fully saturated rings. The lowest BCUT2D eigenvalue weighted by Crippen LogP contribution is -2.61. The minimum absolute atomic E-state index is 0.0299. The number of hydrogen-bond donors (Lipinski definition) is 0. The average Bonchev–Trinajstić information content (AvgIpc) is 1.68. The van der Waals surface area contributed by atoms with Gasteiger partial charge in [-0.3, -0.25) is 0 Å². The van der Waals surface area contributed by atoms with Gasteiger partial charge in [-0.15, -0.1) is 0 Å². The predicted molar refractivity (Wildman–Crippen MR) is 359 cm³/mol. The second-order valence-electron chi connectivity index (χ2n) is 25.0. The molecule has 0 aliphatic carbocycles. The van der Waals surface area contributed by atoms with Gasteiger partial charge < -0.3 is 14.7 Å². The van der Waals surface area contributed by atoms with Crippen molar-refractivity contribution in [2.75, 3.05) is 14.7 Å². The van der Waals surface area contributed by atoms with Crippen LogP contribution in [-0.2, 0) is 10.8 Å². The third-order valence-electron chi connectivity index (χ3n) is 17.7. The highest BCUT2D eigenvalue weighted by Crippen LogP contribution is 2.56. The van der Waals surface area contributed by atoms with Gasteiger partial charge in [0, 0.05) is 50.9 Å². The smallest absolute Gasteiger partial charge is 0.252 e. The molecule has 0 saturated heterocycles. The maximum absolute atomic E-state index is 2.65. The molecule has 0 unspecified atom stereocenters. The highest BCUT2D eigenvalue weighted by molar-refractivity contribution is 7.00. The number of para-hydroxylation sites is 2. The Hall–Kier alpha value is -9.90. The first-order chi connectivity index (χ1) is 40.9. The number of rotatable bonds is 8. The number of anilines is 9. The van der Waals surface area contributed by atoms with Gasteiger partial charge in [0.05, 0.1) is 11.4 Å². The van der Waals surface area contributed by atoms with Gasteiger partial charge in [0.25, 0.3) is 6.71 Å². The second kappa shape index (κ2) is 19.9. The van der Waals surface area contributed by atoms with Crippen LogP contribution >= 0.6 is 0 Å². The molecule has 402 valence electrons. The quantitative estimate of drug-likeness (QED) is 0.140. The summed E-state index contributed by atoms with van der Waals surface area (Å²) >= 11 is 0. The average molecular weight is 1080 g/mol. The van der Waals surface area contributed by atoms with E-state index in [-0.39, 0.29) is 17.5 Å². The topological polar surface area (TPSA) is 9.72 Å². The number of fused-ring (bicyclic) bond motifs is 9. The third kappa shape index (κ3) is 8.67. The number of hydrogen-bond acceptors (Lipinski definition) is 3. The molecule has 0 amide bonds. The highest BCUT2D eigenvalue weighted by atomic mass is 15.2. The fraction of sp³-hybridized carbons (Fsp3) is 0.100. The maximum Gasteiger partial charge on any atom is 0.252 e. The zero-order valence-corrected chi connectivity index (χ0v) is 48.5. The first-order valence-electron chi connectivity index (χ1n) is 29.6. The minimum atomic E-state index is -0.159. The molecule has 3 aliphatic rings. The molecule has 15 rings (SSSR count). The Bertz CT molecular complexity index is 4440. The molecule has 12 aromatic rings. The van der Waals surface area contributed by atoms with E-state index in [1.807, 2.05) is 0 Å². The van der Waals surface area contributed by atoms with Crippen molar-refractivity contribution in [3.8, 4) is 66.8 Å². The van der Waals surface area contributed by atoms with Crippen molar-refractivity contribution in [3.05, 3.63) is 290 Å². The molecule has 84 heavy (non-hydrogen) atoms. The first-order valence-corrected chi connectivity index (χ1v) is 29.6. The summed E-state index contributed by atoms with van der Waals surface area (Å²) in [5.74, 6) is 0. The van der Waals surface area contributed by atoms with Gasteiger partial charge in [-0.05, 0) is 167 Å². The Morgan fingerprint density at radius 1 is 0.286 bits per heavy atom.